The molecule has 0 atom stereocenters. The molecule has 1 rings (SSSR count). The van der Waals surface area contributed by atoms with Crippen LogP contribution < -0.4 is 11.1 Å². The number of aryl methyl sites for hydroxylation is 1. The van der Waals surface area contributed by atoms with Crippen LogP contribution in [0.1, 0.15) is 56.5 Å². The van der Waals surface area contributed by atoms with Crippen LogP contribution in [-0.4, -0.2) is 43.8 Å². The van der Waals surface area contributed by atoms with Crippen LogP contribution in [0.3, 0.4) is 0 Å². The average molecular weight is 370 g/mol. The maximum absolute atomic E-state index is 12.8. The second-order valence-corrected chi connectivity index (χ2v) is 8.15. The monoisotopic (exact) mass is 369 g/mol. The highest BCUT2D eigenvalue weighted by molar-refractivity contribution is 7.89. The Bertz CT molecular complexity index is 685. The normalized spacial score (nSPS) is 12.4. The maximum Gasteiger partial charge on any atom is 0.252 e. The minimum Gasteiger partial charge on any atom is -0.345 e. The van der Waals surface area contributed by atoms with Gasteiger partial charge in [-0.1, -0.05) is 33.8 Å². The second-order valence-electron chi connectivity index (χ2n) is 6.21. The van der Waals surface area contributed by atoms with E-state index in [0.29, 0.717) is 38.0 Å². The minimum atomic E-state index is -3.61. The Kier molecular flexibility index (Phi) is 7.59. The van der Waals surface area contributed by atoms with Crippen LogP contribution in [0, 0.1) is 6.92 Å². The Morgan fingerprint density at radius 3 is 2.16 bits per heavy atom. The largest absolute Gasteiger partial charge is 0.345 e. The van der Waals surface area contributed by atoms with Crippen LogP contribution in [0.25, 0.3) is 0 Å². The summed E-state index contributed by atoms with van der Waals surface area (Å²) in [6.45, 7) is 10.4. The zero-order chi connectivity index (χ0) is 19.3. The van der Waals surface area contributed by atoms with Crippen molar-refractivity contribution in [1.82, 2.24) is 9.62 Å². The Balaban J connectivity index is 3.28. The lowest BCUT2D eigenvalue weighted by molar-refractivity contribution is 0.0894. The van der Waals surface area contributed by atoms with Crippen molar-refractivity contribution in [3.05, 3.63) is 29.3 Å². The molecular formula is C18H31N3O3S. The number of nitrogens with two attached hydrogens (primary N) is 1. The van der Waals surface area contributed by atoms with E-state index in [9.17, 15) is 13.2 Å². The van der Waals surface area contributed by atoms with Gasteiger partial charge in [0, 0.05) is 25.2 Å². The molecule has 0 bridgehead atoms. The molecular weight excluding hydrogens is 338 g/mol. The van der Waals surface area contributed by atoms with Crippen molar-refractivity contribution >= 4 is 15.9 Å². The van der Waals surface area contributed by atoms with E-state index in [2.05, 4.69) is 5.32 Å². The fourth-order valence-corrected chi connectivity index (χ4v) is 4.28. The number of sulfonamides is 1. The Hall–Kier alpha value is -1.44. The molecule has 6 nitrogen and oxygen atoms in total. The van der Waals surface area contributed by atoms with Gasteiger partial charge in [0.1, 0.15) is 0 Å². The summed E-state index contributed by atoms with van der Waals surface area (Å²) < 4.78 is 26.8. The number of amides is 1. The molecule has 0 unspecified atom stereocenters. The van der Waals surface area contributed by atoms with Crippen molar-refractivity contribution < 1.29 is 13.2 Å². The predicted molar refractivity (Wildman–Crippen MR) is 101 cm³/mol. The highest BCUT2D eigenvalue weighted by atomic mass is 32.2. The van der Waals surface area contributed by atoms with Crippen LogP contribution in [0.4, 0.5) is 0 Å². The minimum absolute atomic E-state index is 0.137. The van der Waals surface area contributed by atoms with Gasteiger partial charge in [-0.05, 0) is 37.5 Å². The molecule has 0 fully saturated rings. The van der Waals surface area contributed by atoms with Crippen LogP contribution in [-0.2, 0) is 10.0 Å². The summed E-state index contributed by atoms with van der Waals surface area (Å²) in [6, 6.07) is 4.69. The third kappa shape index (κ3) is 4.59. The lowest BCUT2D eigenvalue weighted by atomic mass is 9.92. The standard InChI is InChI=1S/C18H31N3O3S/c1-6-18(7-2,13-19)20-17(22)16-12-15(11-10-14(16)5)25(23,24)21(8-3)9-4/h10-12H,6-9,13,19H2,1-5H3,(H,20,22). The molecule has 0 radical (unpaired) electrons. The van der Waals surface area contributed by atoms with Gasteiger partial charge in [-0.15, -0.1) is 0 Å². The molecule has 1 aromatic carbocycles. The number of carbonyl (C=O) groups is 1. The summed E-state index contributed by atoms with van der Waals surface area (Å²) in [5, 5.41) is 3.00. The molecule has 142 valence electrons. The number of carbonyl (C=O) groups excluding carboxylic acids is 1. The highest BCUT2D eigenvalue weighted by Crippen LogP contribution is 2.21. The lowest BCUT2D eigenvalue weighted by Gasteiger charge is -2.31. The zero-order valence-corrected chi connectivity index (χ0v) is 16.7. The first-order chi connectivity index (χ1) is 11.7. The molecule has 7 heteroatoms. The van der Waals surface area contributed by atoms with Crippen molar-refractivity contribution in [3.8, 4) is 0 Å². The van der Waals surface area contributed by atoms with E-state index in [1.807, 2.05) is 13.8 Å². The summed E-state index contributed by atoms with van der Waals surface area (Å²) in [6.07, 6.45) is 1.42. The molecule has 1 aromatic rings. The summed E-state index contributed by atoms with van der Waals surface area (Å²) in [4.78, 5) is 12.9. The number of hydrogen-bond acceptors (Lipinski definition) is 4. The van der Waals surface area contributed by atoms with Gasteiger partial charge in [-0.3, -0.25) is 4.79 Å². The lowest BCUT2D eigenvalue weighted by Crippen LogP contribution is -2.53. The highest BCUT2D eigenvalue weighted by Gasteiger charge is 2.28. The Labute approximate surface area is 151 Å². The van der Waals surface area contributed by atoms with Crippen molar-refractivity contribution in [2.24, 2.45) is 5.73 Å². The first kappa shape index (κ1) is 21.6. The molecule has 0 aliphatic heterocycles. The molecule has 0 aliphatic rings. The second kappa shape index (κ2) is 8.78. The van der Waals surface area contributed by atoms with Gasteiger partial charge in [-0.25, -0.2) is 8.42 Å². The van der Waals surface area contributed by atoms with Crippen molar-refractivity contribution in [1.29, 1.82) is 0 Å². The number of nitrogens with one attached hydrogen (secondary N) is 1. The Morgan fingerprint density at radius 1 is 1.16 bits per heavy atom. The summed E-state index contributed by atoms with van der Waals surface area (Å²) in [5.41, 5.74) is 6.48. The molecule has 3 N–H and O–H groups in total. The van der Waals surface area contributed by atoms with Gasteiger partial charge in [0.2, 0.25) is 10.0 Å². The summed E-state index contributed by atoms with van der Waals surface area (Å²) in [5.74, 6) is -0.289. The summed E-state index contributed by atoms with van der Waals surface area (Å²) >= 11 is 0. The first-order valence-corrected chi connectivity index (χ1v) is 10.3. The molecule has 0 spiro atoms. The summed E-state index contributed by atoms with van der Waals surface area (Å²) in [7, 11) is -3.61. The molecule has 0 aliphatic carbocycles. The number of benzene rings is 1. The van der Waals surface area contributed by atoms with Crippen LogP contribution in [0.5, 0.6) is 0 Å². The van der Waals surface area contributed by atoms with Gasteiger partial charge in [-0.2, -0.15) is 4.31 Å². The van der Waals surface area contributed by atoms with E-state index in [0.717, 1.165) is 5.56 Å². The van der Waals surface area contributed by atoms with Gasteiger partial charge >= 0.3 is 0 Å². The SMILES string of the molecule is CCN(CC)S(=O)(=O)c1ccc(C)c(C(=O)NC(CC)(CC)CN)c1. The van der Waals surface area contributed by atoms with E-state index in [4.69, 9.17) is 5.73 Å². The molecule has 0 saturated heterocycles. The zero-order valence-electron chi connectivity index (χ0n) is 15.9. The smallest absolute Gasteiger partial charge is 0.252 e. The molecule has 0 saturated carbocycles. The number of nitrogens with zero attached hydrogens (tertiary/aromatic N) is 1. The third-order valence-corrected chi connectivity index (χ3v) is 6.97. The van der Waals surface area contributed by atoms with Crippen LogP contribution in [0.15, 0.2) is 23.1 Å². The fourth-order valence-electron chi connectivity index (χ4n) is 2.79. The number of hydrogen-bond donors (Lipinski definition) is 2. The third-order valence-electron chi connectivity index (χ3n) is 4.92. The number of rotatable bonds is 9. The quantitative estimate of drug-likeness (QED) is 0.698. The van der Waals surface area contributed by atoms with Gasteiger partial charge in [0.15, 0.2) is 0 Å². The van der Waals surface area contributed by atoms with E-state index < -0.39 is 15.6 Å². The van der Waals surface area contributed by atoms with Crippen molar-refractivity contribution in [2.75, 3.05) is 19.6 Å². The van der Waals surface area contributed by atoms with Crippen LogP contribution in [0.2, 0.25) is 0 Å². The van der Waals surface area contributed by atoms with Crippen molar-refractivity contribution in [2.45, 2.75) is 57.9 Å². The van der Waals surface area contributed by atoms with Gasteiger partial charge < -0.3 is 11.1 Å². The maximum atomic E-state index is 12.8. The van der Waals surface area contributed by atoms with Gasteiger partial charge in [0.05, 0.1) is 10.4 Å². The van der Waals surface area contributed by atoms with E-state index in [-0.39, 0.29) is 10.8 Å². The average Bonchev–Trinajstić information content (AvgIpc) is 2.60. The predicted octanol–water partition coefficient (Wildman–Crippen LogP) is 2.27. The Morgan fingerprint density at radius 2 is 1.72 bits per heavy atom. The first-order valence-electron chi connectivity index (χ1n) is 8.84. The topological polar surface area (TPSA) is 92.5 Å². The molecule has 1 amide bonds. The molecule has 0 heterocycles. The van der Waals surface area contributed by atoms with E-state index in [1.165, 1.54) is 10.4 Å². The van der Waals surface area contributed by atoms with E-state index in [1.54, 1.807) is 32.9 Å². The van der Waals surface area contributed by atoms with Gasteiger partial charge in [0.25, 0.3) is 5.91 Å². The van der Waals surface area contributed by atoms with E-state index >= 15 is 0 Å². The fraction of sp³-hybridized carbons (Fsp3) is 0.611. The van der Waals surface area contributed by atoms with Crippen molar-refractivity contribution in [3.63, 3.8) is 0 Å². The molecule has 25 heavy (non-hydrogen) atoms. The van der Waals surface area contributed by atoms with Crippen LogP contribution >= 0.6 is 0 Å². The molecule has 0 aromatic heterocycles.